The molecule has 0 saturated heterocycles. The summed E-state index contributed by atoms with van der Waals surface area (Å²) in [6.07, 6.45) is 1.41. The first-order valence-corrected chi connectivity index (χ1v) is 16.3. The number of phenolic OH excluding ortho intramolecular Hbond substituents is 1. The summed E-state index contributed by atoms with van der Waals surface area (Å²) in [4.78, 5) is 52.7. The molecule has 0 aromatic heterocycles. The summed E-state index contributed by atoms with van der Waals surface area (Å²) in [5.74, 6) is 1.55. The van der Waals surface area contributed by atoms with E-state index in [-0.39, 0.29) is 43.7 Å². The molecule has 0 fully saturated rings. The summed E-state index contributed by atoms with van der Waals surface area (Å²) >= 11 is 3.35. The van der Waals surface area contributed by atoms with E-state index in [2.05, 4.69) is 20.7 Å². The minimum atomic E-state index is -0.422. The molecule has 11 nitrogen and oxygen atoms in total. The third-order valence-electron chi connectivity index (χ3n) is 5.68. The number of phenols is 1. The van der Waals surface area contributed by atoms with Gasteiger partial charge in [-0.05, 0) is 80.4 Å². The van der Waals surface area contributed by atoms with Crippen molar-refractivity contribution in [3.05, 3.63) is 119 Å². The molecule has 0 aliphatic carbocycles. The average molecular weight is 754 g/mol. The first kappa shape index (κ1) is 42.7. The predicted octanol–water partition coefficient (Wildman–Crippen LogP) is 6.34. The number of ether oxygens (including phenoxy) is 4. The Hall–Kier alpha value is -5.33. The predicted molar refractivity (Wildman–Crippen MR) is 191 cm³/mol. The molecule has 0 saturated carbocycles. The summed E-state index contributed by atoms with van der Waals surface area (Å²) in [5, 5.41) is 18.4. The number of alkyl halides is 1. The molecule has 266 valence electrons. The largest absolute Gasteiger partial charge is 0.508 e. The molecule has 12 heteroatoms. The summed E-state index contributed by atoms with van der Waals surface area (Å²) in [7, 11) is 0. The van der Waals surface area contributed by atoms with Gasteiger partial charge in [0.05, 0.1) is 13.2 Å². The van der Waals surface area contributed by atoms with Crippen molar-refractivity contribution in [3.8, 4) is 23.0 Å². The highest BCUT2D eigenvalue weighted by Crippen LogP contribution is 2.16. The number of rotatable bonds is 14. The number of esters is 1. The van der Waals surface area contributed by atoms with Gasteiger partial charge in [0.25, 0.3) is 0 Å². The summed E-state index contributed by atoms with van der Waals surface area (Å²) in [6.45, 7) is 5.10. The summed E-state index contributed by atoms with van der Waals surface area (Å²) < 4.78 is 20.2. The number of hydrogen-bond acceptors (Lipinski definition) is 11. The van der Waals surface area contributed by atoms with Crippen LogP contribution in [0.15, 0.2) is 97.1 Å². The SMILES string of the molecule is CC(=O)COc1cccc(CBr)c1.CC(=O)COc1cccc(CO)c1.CCOC(=O)COc1cccc(C=O)c1.O=Cc1cccc(O)c1. The number of ketones is 2. The van der Waals surface area contributed by atoms with Crippen LogP contribution in [-0.4, -0.2) is 66.7 Å². The van der Waals surface area contributed by atoms with Crippen molar-refractivity contribution in [2.75, 3.05) is 26.4 Å². The summed E-state index contributed by atoms with van der Waals surface area (Å²) in [5.41, 5.74) is 2.92. The van der Waals surface area contributed by atoms with Crippen LogP contribution in [0, 0.1) is 0 Å². The lowest BCUT2D eigenvalue weighted by Gasteiger charge is -2.05. The second-order valence-electron chi connectivity index (χ2n) is 10.1. The topological polar surface area (TPSA) is 163 Å². The maximum absolute atomic E-state index is 11.0. The van der Waals surface area contributed by atoms with Gasteiger partial charge in [-0.1, -0.05) is 64.5 Å². The molecule has 4 rings (SSSR count). The number of aliphatic hydroxyl groups excluding tert-OH is 1. The quantitative estimate of drug-likeness (QED) is 0.0840. The zero-order valence-corrected chi connectivity index (χ0v) is 29.7. The molecule has 0 spiro atoms. The van der Waals surface area contributed by atoms with Gasteiger partial charge in [-0.15, -0.1) is 0 Å². The smallest absolute Gasteiger partial charge is 0.344 e. The molecule has 4 aromatic rings. The monoisotopic (exact) mass is 752 g/mol. The number of aliphatic hydroxyl groups is 1. The molecule has 0 aliphatic heterocycles. The number of benzene rings is 4. The van der Waals surface area contributed by atoms with Gasteiger partial charge in [0, 0.05) is 16.5 Å². The minimum Gasteiger partial charge on any atom is -0.508 e. The Balaban J connectivity index is 0.000000338. The third-order valence-corrected chi connectivity index (χ3v) is 6.33. The van der Waals surface area contributed by atoms with E-state index in [1.54, 1.807) is 67.6 Å². The van der Waals surface area contributed by atoms with E-state index < -0.39 is 5.97 Å². The van der Waals surface area contributed by atoms with Crippen LogP contribution in [0.25, 0.3) is 0 Å². The van der Waals surface area contributed by atoms with Crippen LogP contribution in [-0.2, 0) is 31.1 Å². The molecular weight excluding hydrogens is 712 g/mol. The molecule has 50 heavy (non-hydrogen) atoms. The van der Waals surface area contributed by atoms with Crippen molar-refractivity contribution < 1.29 is 53.1 Å². The summed E-state index contributed by atoms with van der Waals surface area (Å²) in [6, 6.07) is 27.5. The molecule has 0 aliphatic rings. The number of halogens is 1. The van der Waals surface area contributed by atoms with Gasteiger partial charge < -0.3 is 29.2 Å². The van der Waals surface area contributed by atoms with E-state index >= 15 is 0 Å². The molecule has 2 N–H and O–H groups in total. The van der Waals surface area contributed by atoms with Gasteiger partial charge in [0.2, 0.25) is 0 Å². The Bertz CT molecular complexity index is 1580. The van der Waals surface area contributed by atoms with Crippen LogP contribution in [0.5, 0.6) is 23.0 Å². The maximum atomic E-state index is 11.0. The molecular formula is C38H41BrO11. The maximum Gasteiger partial charge on any atom is 0.344 e. The zero-order valence-electron chi connectivity index (χ0n) is 28.1. The molecule has 0 amide bonds. The first-order valence-electron chi connectivity index (χ1n) is 15.2. The lowest BCUT2D eigenvalue weighted by atomic mass is 10.2. The van der Waals surface area contributed by atoms with E-state index in [0.29, 0.717) is 35.5 Å². The third kappa shape index (κ3) is 20.1. The average Bonchev–Trinajstić information content (AvgIpc) is 3.13. The molecule has 0 bridgehead atoms. The van der Waals surface area contributed by atoms with Gasteiger partial charge in [-0.25, -0.2) is 4.79 Å². The number of Topliss-reactive ketones (excluding diaryl/α,β-unsaturated/α-hetero) is 2. The Morgan fingerprint density at radius 2 is 1.12 bits per heavy atom. The number of aromatic hydroxyl groups is 1. The van der Waals surface area contributed by atoms with E-state index in [1.165, 1.54) is 26.0 Å². The van der Waals surface area contributed by atoms with Gasteiger partial charge in [0.1, 0.15) is 48.8 Å². The van der Waals surface area contributed by atoms with Crippen LogP contribution in [0.4, 0.5) is 0 Å². The standard InChI is InChI=1S/C11H12O4.C10H11BrO2.C10H12O3.C7H6O2/c1-2-14-11(13)8-15-10-5-3-4-9(6-10)7-12;2*1-8(12)7-13-10-4-2-3-9(5-10)6-11;8-5-6-2-1-3-7(9)4-6/h3-7H,2,8H2,1H3;2-5H,6-7H2,1H3;2-5,11H,6-7H2,1H3;1-5,9H. The molecule has 4 aromatic carbocycles. The first-order chi connectivity index (χ1) is 24.0. The van der Waals surface area contributed by atoms with Crippen LogP contribution in [0.1, 0.15) is 52.6 Å². The van der Waals surface area contributed by atoms with Crippen LogP contribution >= 0.6 is 15.9 Å². The highest BCUT2D eigenvalue weighted by molar-refractivity contribution is 9.08. The van der Waals surface area contributed by atoms with Gasteiger partial charge in [-0.2, -0.15) is 0 Å². The van der Waals surface area contributed by atoms with E-state index in [4.69, 9.17) is 24.4 Å². The highest BCUT2D eigenvalue weighted by Gasteiger charge is 2.03. The number of carbonyl (C=O) groups excluding carboxylic acids is 5. The van der Waals surface area contributed by atoms with Gasteiger partial charge in [0.15, 0.2) is 18.2 Å². The van der Waals surface area contributed by atoms with Crippen molar-refractivity contribution in [2.24, 2.45) is 0 Å². The van der Waals surface area contributed by atoms with E-state index in [9.17, 15) is 24.0 Å². The fraction of sp³-hybridized carbons (Fsp3) is 0.237. The Morgan fingerprint density at radius 3 is 1.58 bits per heavy atom. The second-order valence-corrected chi connectivity index (χ2v) is 10.6. The van der Waals surface area contributed by atoms with E-state index in [1.807, 2.05) is 24.3 Å². The van der Waals surface area contributed by atoms with Crippen molar-refractivity contribution in [2.45, 2.75) is 32.7 Å². The normalized spacial score (nSPS) is 9.46. The van der Waals surface area contributed by atoms with Crippen molar-refractivity contribution in [1.29, 1.82) is 0 Å². The lowest BCUT2D eigenvalue weighted by Crippen LogP contribution is -2.14. The molecule has 0 radical (unpaired) electrons. The van der Waals surface area contributed by atoms with Crippen molar-refractivity contribution in [1.82, 2.24) is 0 Å². The van der Waals surface area contributed by atoms with Crippen molar-refractivity contribution >= 4 is 46.0 Å². The molecule has 0 heterocycles. The molecule has 0 atom stereocenters. The number of carbonyl (C=O) groups is 5. The number of aldehydes is 2. The van der Waals surface area contributed by atoms with Crippen LogP contribution in [0.3, 0.4) is 0 Å². The molecule has 0 unspecified atom stereocenters. The Morgan fingerprint density at radius 1 is 0.660 bits per heavy atom. The lowest BCUT2D eigenvalue weighted by molar-refractivity contribution is -0.145. The van der Waals surface area contributed by atoms with Crippen LogP contribution in [0.2, 0.25) is 0 Å². The Kier molecular flexibility index (Phi) is 21.9. The van der Waals surface area contributed by atoms with Gasteiger partial charge in [-0.3, -0.25) is 19.2 Å². The van der Waals surface area contributed by atoms with Gasteiger partial charge >= 0.3 is 5.97 Å². The zero-order chi connectivity index (χ0) is 37.1. The fourth-order valence-corrected chi connectivity index (χ4v) is 3.79. The number of hydrogen-bond donors (Lipinski definition) is 2. The van der Waals surface area contributed by atoms with Crippen molar-refractivity contribution in [3.63, 3.8) is 0 Å². The Labute approximate surface area is 299 Å². The van der Waals surface area contributed by atoms with Crippen LogP contribution < -0.4 is 14.2 Å². The minimum absolute atomic E-state index is 0.0166. The highest BCUT2D eigenvalue weighted by atomic mass is 79.9. The van der Waals surface area contributed by atoms with E-state index in [0.717, 1.165) is 28.5 Å². The fourth-order valence-electron chi connectivity index (χ4n) is 3.44. The second kappa shape index (κ2) is 25.7.